The molecule has 1 aromatic carbocycles. The van der Waals surface area contributed by atoms with Gasteiger partial charge in [0, 0.05) is 31.4 Å². The lowest BCUT2D eigenvalue weighted by Crippen LogP contribution is -2.35. The molecule has 1 atom stereocenters. The van der Waals surface area contributed by atoms with E-state index in [1.54, 1.807) is 0 Å². The molecule has 114 valence electrons. The van der Waals surface area contributed by atoms with Gasteiger partial charge in [-0.05, 0) is 38.1 Å². The van der Waals surface area contributed by atoms with Gasteiger partial charge in [-0.25, -0.2) is 0 Å². The highest BCUT2D eigenvalue weighted by molar-refractivity contribution is 5.55. The molecule has 0 saturated heterocycles. The van der Waals surface area contributed by atoms with Crippen molar-refractivity contribution in [2.75, 3.05) is 38.6 Å². The van der Waals surface area contributed by atoms with E-state index < -0.39 is 0 Å². The first-order valence-corrected chi connectivity index (χ1v) is 7.69. The Bertz CT molecular complexity index is 388. The van der Waals surface area contributed by atoms with Crippen LogP contribution in [0.3, 0.4) is 0 Å². The number of para-hydroxylation sites is 1. The number of rotatable bonds is 8. The first-order chi connectivity index (χ1) is 9.45. The number of nitrogens with zero attached hydrogens (tertiary/aromatic N) is 2. The Balaban J connectivity index is 2.99. The van der Waals surface area contributed by atoms with Crippen LogP contribution in [0.4, 0.5) is 5.69 Å². The molecule has 1 rings (SSSR count). The second-order valence-electron chi connectivity index (χ2n) is 6.22. The third kappa shape index (κ3) is 5.14. The van der Waals surface area contributed by atoms with Crippen molar-refractivity contribution in [3.63, 3.8) is 0 Å². The van der Waals surface area contributed by atoms with Crippen molar-refractivity contribution in [3.8, 4) is 0 Å². The zero-order valence-electron chi connectivity index (χ0n) is 13.8. The van der Waals surface area contributed by atoms with Crippen LogP contribution in [0, 0.1) is 5.92 Å². The second kappa shape index (κ2) is 8.28. The third-order valence-corrected chi connectivity index (χ3v) is 3.52. The normalized spacial score (nSPS) is 13.0. The maximum atomic E-state index is 6.28. The Kier molecular flexibility index (Phi) is 7.03. The maximum absolute atomic E-state index is 6.28. The summed E-state index contributed by atoms with van der Waals surface area (Å²) in [6, 6.07) is 8.72. The lowest BCUT2D eigenvalue weighted by Gasteiger charge is -2.31. The zero-order valence-corrected chi connectivity index (χ0v) is 13.8. The van der Waals surface area contributed by atoms with E-state index in [-0.39, 0.29) is 6.04 Å². The molecule has 0 aliphatic rings. The summed E-state index contributed by atoms with van der Waals surface area (Å²) >= 11 is 0. The molecule has 0 saturated carbocycles. The molecule has 0 spiro atoms. The van der Waals surface area contributed by atoms with E-state index in [0.29, 0.717) is 5.92 Å². The summed E-state index contributed by atoms with van der Waals surface area (Å²) in [5.74, 6) is 0.642. The van der Waals surface area contributed by atoms with Crippen LogP contribution in [-0.4, -0.2) is 38.6 Å². The number of nitrogens with two attached hydrogens (primary N) is 1. The van der Waals surface area contributed by atoms with Crippen molar-refractivity contribution >= 4 is 5.69 Å². The average Bonchev–Trinajstić information content (AvgIpc) is 2.42. The summed E-state index contributed by atoms with van der Waals surface area (Å²) in [6.07, 6.45) is 0.972. The van der Waals surface area contributed by atoms with Crippen LogP contribution < -0.4 is 10.6 Å². The van der Waals surface area contributed by atoms with Gasteiger partial charge < -0.3 is 15.5 Å². The molecule has 2 N–H and O–H groups in total. The highest BCUT2D eigenvalue weighted by atomic mass is 15.2. The van der Waals surface area contributed by atoms with Gasteiger partial charge in [0.1, 0.15) is 0 Å². The summed E-state index contributed by atoms with van der Waals surface area (Å²) in [5, 5.41) is 0. The fourth-order valence-corrected chi connectivity index (χ4v) is 2.38. The van der Waals surface area contributed by atoms with E-state index in [2.05, 4.69) is 68.9 Å². The fourth-order valence-electron chi connectivity index (χ4n) is 2.38. The van der Waals surface area contributed by atoms with Gasteiger partial charge in [0.15, 0.2) is 0 Å². The molecule has 3 nitrogen and oxygen atoms in total. The third-order valence-electron chi connectivity index (χ3n) is 3.52. The molecule has 0 amide bonds. The topological polar surface area (TPSA) is 32.5 Å². The number of anilines is 1. The van der Waals surface area contributed by atoms with E-state index in [4.69, 9.17) is 5.73 Å². The molecule has 0 bridgehead atoms. The molecular weight excluding hydrogens is 246 g/mol. The standard InChI is InChI=1S/C17H31N3/c1-6-16(18)15-9-7-8-10-17(15)20(13-14(2)3)12-11-19(4)5/h7-10,14,16H,6,11-13,18H2,1-5H3/t16-/m0/s1. The minimum atomic E-state index is 0.125. The zero-order chi connectivity index (χ0) is 15.1. The summed E-state index contributed by atoms with van der Waals surface area (Å²) in [4.78, 5) is 4.71. The first-order valence-electron chi connectivity index (χ1n) is 7.69. The monoisotopic (exact) mass is 277 g/mol. The molecule has 0 fully saturated rings. The summed E-state index contributed by atoms with van der Waals surface area (Å²) in [5.41, 5.74) is 8.86. The number of hydrogen-bond acceptors (Lipinski definition) is 3. The van der Waals surface area contributed by atoms with E-state index in [1.807, 2.05) is 0 Å². The molecule has 0 aliphatic heterocycles. The van der Waals surface area contributed by atoms with E-state index >= 15 is 0 Å². The molecule has 20 heavy (non-hydrogen) atoms. The average molecular weight is 277 g/mol. The van der Waals surface area contributed by atoms with Gasteiger partial charge in [0.05, 0.1) is 0 Å². The minimum Gasteiger partial charge on any atom is -0.370 e. The Hall–Kier alpha value is -1.06. The van der Waals surface area contributed by atoms with Crippen molar-refractivity contribution in [3.05, 3.63) is 29.8 Å². The molecular formula is C17H31N3. The molecule has 0 heterocycles. The Morgan fingerprint density at radius 3 is 2.30 bits per heavy atom. The first kappa shape index (κ1) is 17.0. The number of hydrogen-bond donors (Lipinski definition) is 1. The van der Waals surface area contributed by atoms with Gasteiger partial charge in [0.2, 0.25) is 0 Å². The highest BCUT2D eigenvalue weighted by Crippen LogP contribution is 2.27. The Morgan fingerprint density at radius 1 is 1.10 bits per heavy atom. The Morgan fingerprint density at radius 2 is 1.75 bits per heavy atom. The van der Waals surface area contributed by atoms with E-state index in [1.165, 1.54) is 11.3 Å². The van der Waals surface area contributed by atoms with E-state index in [0.717, 1.165) is 26.1 Å². The van der Waals surface area contributed by atoms with Gasteiger partial charge >= 0.3 is 0 Å². The van der Waals surface area contributed by atoms with Crippen LogP contribution in [0.5, 0.6) is 0 Å². The molecule has 0 unspecified atom stereocenters. The van der Waals surface area contributed by atoms with Crippen molar-refractivity contribution in [1.82, 2.24) is 4.90 Å². The van der Waals surface area contributed by atoms with Crippen LogP contribution in [-0.2, 0) is 0 Å². The largest absolute Gasteiger partial charge is 0.370 e. The molecule has 1 aromatic rings. The van der Waals surface area contributed by atoms with E-state index in [9.17, 15) is 0 Å². The molecule has 0 aliphatic carbocycles. The lowest BCUT2D eigenvalue weighted by atomic mass is 10.0. The maximum Gasteiger partial charge on any atom is 0.0415 e. The molecule has 0 radical (unpaired) electrons. The predicted molar refractivity (Wildman–Crippen MR) is 89.3 cm³/mol. The van der Waals surface area contributed by atoms with Gasteiger partial charge in [0.25, 0.3) is 0 Å². The minimum absolute atomic E-state index is 0.125. The number of benzene rings is 1. The quantitative estimate of drug-likeness (QED) is 0.792. The second-order valence-corrected chi connectivity index (χ2v) is 6.22. The van der Waals surface area contributed by atoms with Crippen LogP contribution in [0.25, 0.3) is 0 Å². The molecule has 0 aromatic heterocycles. The highest BCUT2D eigenvalue weighted by Gasteiger charge is 2.15. The summed E-state index contributed by atoms with van der Waals surface area (Å²) in [7, 11) is 4.24. The number of likely N-dealkylation sites (N-methyl/N-ethyl adjacent to an activating group) is 1. The SMILES string of the molecule is CC[C@H](N)c1ccccc1N(CCN(C)C)CC(C)C. The van der Waals surface area contributed by atoms with Crippen molar-refractivity contribution in [2.45, 2.75) is 33.2 Å². The predicted octanol–water partition coefficient (Wildman–Crippen LogP) is 3.12. The fraction of sp³-hybridized carbons (Fsp3) is 0.647. The molecule has 3 heteroatoms. The van der Waals surface area contributed by atoms with Gasteiger partial charge in [-0.3, -0.25) is 0 Å². The van der Waals surface area contributed by atoms with Gasteiger partial charge in [-0.2, -0.15) is 0 Å². The van der Waals surface area contributed by atoms with Crippen molar-refractivity contribution in [2.24, 2.45) is 11.7 Å². The van der Waals surface area contributed by atoms with Crippen LogP contribution >= 0.6 is 0 Å². The van der Waals surface area contributed by atoms with Crippen LogP contribution in [0.15, 0.2) is 24.3 Å². The van der Waals surface area contributed by atoms with Crippen molar-refractivity contribution in [1.29, 1.82) is 0 Å². The summed E-state index contributed by atoms with van der Waals surface area (Å²) in [6.45, 7) is 9.85. The lowest BCUT2D eigenvalue weighted by molar-refractivity contribution is 0.408. The smallest absolute Gasteiger partial charge is 0.0415 e. The van der Waals surface area contributed by atoms with Crippen LogP contribution in [0.1, 0.15) is 38.8 Å². The van der Waals surface area contributed by atoms with Gasteiger partial charge in [-0.1, -0.05) is 39.0 Å². The van der Waals surface area contributed by atoms with Gasteiger partial charge in [-0.15, -0.1) is 0 Å². The summed E-state index contributed by atoms with van der Waals surface area (Å²) < 4.78 is 0. The Labute approximate surface area is 124 Å². The van der Waals surface area contributed by atoms with Crippen molar-refractivity contribution < 1.29 is 0 Å². The van der Waals surface area contributed by atoms with Crippen LogP contribution in [0.2, 0.25) is 0 Å².